The number of ether oxygens (including phenoxy) is 1. The lowest BCUT2D eigenvalue weighted by molar-refractivity contribution is -0.140. The average molecular weight is 281 g/mol. The van der Waals surface area contributed by atoms with Gasteiger partial charge in [-0.15, -0.1) is 0 Å². The van der Waals surface area contributed by atoms with Crippen LogP contribution in [0.2, 0.25) is 0 Å². The zero-order valence-corrected chi connectivity index (χ0v) is 12.1. The average Bonchev–Trinajstić information content (AvgIpc) is 2.46. The normalized spacial score (nSPS) is 10.1. The van der Waals surface area contributed by atoms with Gasteiger partial charge in [0.25, 0.3) is 0 Å². The van der Waals surface area contributed by atoms with Crippen LogP contribution in [0.5, 0.6) is 0 Å². The smallest absolute Gasteiger partial charge is 0.305 e. The number of nitrogen functional groups attached to an aromatic ring is 1. The molecule has 0 aliphatic carbocycles. The fourth-order valence-corrected chi connectivity index (χ4v) is 1.56. The number of nitrogens with two attached hydrogens (primary N) is 1. The fourth-order valence-electron chi connectivity index (χ4n) is 1.56. The summed E-state index contributed by atoms with van der Waals surface area (Å²) in [5, 5.41) is 6.26. The van der Waals surface area contributed by atoms with Crippen LogP contribution in [0.1, 0.15) is 32.6 Å². The molecule has 0 saturated heterocycles. The van der Waals surface area contributed by atoms with Crippen molar-refractivity contribution in [2.45, 2.75) is 32.6 Å². The number of rotatable bonds is 9. The van der Waals surface area contributed by atoms with E-state index in [0.717, 1.165) is 25.8 Å². The third-order valence-electron chi connectivity index (χ3n) is 2.68. The number of carbonyl (C=O) groups excluding carboxylic acids is 1. The first-order valence-corrected chi connectivity index (χ1v) is 6.84. The number of methoxy groups -OCH3 is 1. The Labute approximate surface area is 119 Å². The van der Waals surface area contributed by atoms with Gasteiger partial charge in [0.05, 0.1) is 19.0 Å². The summed E-state index contributed by atoms with van der Waals surface area (Å²) >= 11 is 0. The van der Waals surface area contributed by atoms with Crippen molar-refractivity contribution in [3.05, 3.63) is 6.20 Å². The number of carbonyl (C=O) groups is 1. The lowest BCUT2D eigenvalue weighted by Gasteiger charge is -2.10. The van der Waals surface area contributed by atoms with Crippen molar-refractivity contribution in [1.82, 2.24) is 9.97 Å². The lowest BCUT2D eigenvalue weighted by Crippen LogP contribution is -2.11. The molecule has 1 rings (SSSR count). The molecule has 0 radical (unpaired) electrons. The summed E-state index contributed by atoms with van der Waals surface area (Å²) in [6.07, 6.45) is 4.63. The number of nitrogens with one attached hydrogen (secondary N) is 2. The number of nitrogens with zero attached hydrogens (tertiary/aromatic N) is 2. The topological polar surface area (TPSA) is 102 Å². The van der Waals surface area contributed by atoms with Gasteiger partial charge >= 0.3 is 5.97 Å². The molecule has 7 nitrogen and oxygen atoms in total. The van der Waals surface area contributed by atoms with Crippen molar-refractivity contribution in [3.8, 4) is 0 Å². The molecule has 1 heterocycles. The van der Waals surface area contributed by atoms with Gasteiger partial charge in [-0.2, -0.15) is 4.98 Å². The van der Waals surface area contributed by atoms with Gasteiger partial charge in [0.1, 0.15) is 0 Å². The summed E-state index contributed by atoms with van der Waals surface area (Å²) in [6.45, 7) is 3.60. The van der Waals surface area contributed by atoms with E-state index in [1.165, 1.54) is 7.11 Å². The number of hydrogen-bond acceptors (Lipinski definition) is 7. The molecule has 0 atom stereocenters. The fraction of sp³-hybridized carbons (Fsp3) is 0.615. The van der Waals surface area contributed by atoms with Crippen molar-refractivity contribution >= 4 is 23.4 Å². The van der Waals surface area contributed by atoms with Crippen molar-refractivity contribution in [1.29, 1.82) is 0 Å². The van der Waals surface area contributed by atoms with Crippen LogP contribution >= 0.6 is 0 Å². The monoisotopic (exact) mass is 281 g/mol. The molecular formula is C13H23N5O2. The van der Waals surface area contributed by atoms with E-state index in [1.807, 2.05) is 0 Å². The second kappa shape index (κ2) is 8.95. The Balaban J connectivity index is 2.36. The van der Waals surface area contributed by atoms with Crippen LogP contribution in [0.4, 0.5) is 17.5 Å². The molecule has 7 heteroatoms. The number of aromatic nitrogens is 2. The van der Waals surface area contributed by atoms with E-state index in [0.29, 0.717) is 30.4 Å². The number of esters is 1. The second-order valence-electron chi connectivity index (χ2n) is 4.38. The van der Waals surface area contributed by atoms with Gasteiger partial charge in [-0.3, -0.25) is 4.79 Å². The third-order valence-corrected chi connectivity index (χ3v) is 2.68. The first-order valence-electron chi connectivity index (χ1n) is 6.84. The predicted molar refractivity (Wildman–Crippen MR) is 79.6 cm³/mol. The van der Waals surface area contributed by atoms with Gasteiger partial charge in [-0.25, -0.2) is 4.98 Å². The van der Waals surface area contributed by atoms with Gasteiger partial charge in [0, 0.05) is 19.5 Å². The Hall–Kier alpha value is -2.05. The predicted octanol–water partition coefficient (Wildman–Crippen LogP) is 1.64. The van der Waals surface area contributed by atoms with Crippen LogP contribution in [-0.4, -0.2) is 36.1 Å². The molecule has 0 amide bonds. The lowest BCUT2D eigenvalue weighted by atomic mass is 10.2. The molecular weight excluding hydrogens is 258 g/mol. The van der Waals surface area contributed by atoms with Gasteiger partial charge in [-0.1, -0.05) is 6.92 Å². The Morgan fingerprint density at radius 2 is 2.15 bits per heavy atom. The molecule has 20 heavy (non-hydrogen) atoms. The standard InChI is InChI=1S/C13H23N5O2/c1-3-7-16-13-17-9-10(14)12(18-13)15-8-5-4-6-11(19)20-2/h9H,3-8,14H2,1-2H3,(H2,15,16,17,18). The summed E-state index contributed by atoms with van der Waals surface area (Å²) in [5.74, 6) is 1.01. The minimum atomic E-state index is -0.183. The quantitative estimate of drug-likeness (QED) is 0.467. The second-order valence-corrected chi connectivity index (χ2v) is 4.38. The SMILES string of the molecule is CCCNc1ncc(N)c(NCCCCC(=O)OC)n1. The molecule has 0 bridgehead atoms. The first-order chi connectivity index (χ1) is 9.67. The van der Waals surface area contributed by atoms with Crippen molar-refractivity contribution < 1.29 is 9.53 Å². The van der Waals surface area contributed by atoms with E-state index >= 15 is 0 Å². The number of anilines is 3. The first kappa shape index (κ1) is 16.0. The highest BCUT2D eigenvalue weighted by Gasteiger charge is 2.04. The third kappa shape index (κ3) is 5.73. The maximum atomic E-state index is 11.0. The molecule has 112 valence electrons. The van der Waals surface area contributed by atoms with E-state index in [1.54, 1.807) is 6.20 Å². The Kier molecular flexibility index (Phi) is 7.16. The summed E-state index contributed by atoms with van der Waals surface area (Å²) in [6, 6.07) is 0. The maximum Gasteiger partial charge on any atom is 0.305 e. The van der Waals surface area contributed by atoms with Crippen LogP contribution in [0, 0.1) is 0 Å². The molecule has 0 aromatic carbocycles. The molecule has 4 N–H and O–H groups in total. The van der Waals surface area contributed by atoms with Gasteiger partial charge in [-0.05, 0) is 19.3 Å². The zero-order valence-electron chi connectivity index (χ0n) is 12.1. The zero-order chi connectivity index (χ0) is 14.8. The molecule has 1 aromatic rings. The largest absolute Gasteiger partial charge is 0.469 e. The van der Waals surface area contributed by atoms with Crippen molar-refractivity contribution in [2.75, 3.05) is 36.6 Å². The molecule has 0 aliphatic heterocycles. The summed E-state index contributed by atoms with van der Waals surface area (Å²) in [7, 11) is 1.40. The van der Waals surface area contributed by atoms with E-state index in [2.05, 4.69) is 32.3 Å². The van der Waals surface area contributed by atoms with Crippen LogP contribution in [0.3, 0.4) is 0 Å². The highest BCUT2D eigenvalue weighted by atomic mass is 16.5. The van der Waals surface area contributed by atoms with E-state index in [4.69, 9.17) is 5.73 Å². The summed E-state index contributed by atoms with van der Waals surface area (Å²) < 4.78 is 4.58. The molecule has 1 aromatic heterocycles. The van der Waals surface area contributed by atoms with Gasteiger partial charge in [0.2, 0.25) is 5.95 Å². The van der Waals surface area contributed by atoms with E-state index in [9.17, 15) is 4.79 Å². The summed E-state index contributed by atoms with van der Waals surface area (Å²) in [5.41, 5.74) is 6.33. The minimum Gasteiger partial charge on any atom is -0.469 e. The van der Waals surface area contributed by atoms with Crippen LogP contribution in [0.25, 0.3) is 0 Å². The molecule has 0 saturated carbocycles. The maximum absolute atomic E-state index is 11.0. The van der Waals surface area contributed by atoms with E-state index in [-0.39, 0.29) is 5.97 Å². The Morgan fingerprint density at radius 3 is 2.85 bits per heavy atom. The van der Waals surface area contributed by atoms with Crippen LogP contribution < -0.4 is 16.4 Å². The van der Waals surface area contributed by atoms with Gasteiger partial charge < -0.3 is 21.1 Å². The number of unbranched alkanes of at least 4 members (excludes halogenated alkanes) is 1. The minimum absolute atomic E-state index is 0.183. The summed E-state index contributed by atoms with van der Waals surface area (Å²) in [4.78, 5) is 19.4. The van der Waals surface area contributed by atoms with Crippen molar-refractivity contribution in [3.63, 3.8) is 0 Å². The molecule has 0 spiro atoms. The Bertz CT molecular complexity index is 425. The number of hydrogen-bond donors (Lipinski definition) is 3. The molecule has 0 unspecified atom stereocenters. The Morgan fingerprint density at radius 1 is 1.35 bits per heavy atom. The van der Waals surface area contributed by atoms with Gasteiger partial charge in [0.15, 0.2) is 5.82 Å². The van der Waals surface area contributed by atoms with E-state index < -0.39 is 0 Å². The highest BCUT2D eigenvalue weighted by molar-refractivity contribution is 5.69. The molecule has 0 fully saturated rings. The van der Waals surface area contributed by atoms with Crippen LogP contribution in [-0.2, 0) is 9.53 Å². The highest BCUT2D eigenvalue weighted by Crippen LogP contribution is 2.15. The van der Waals surface area contributed by atoms with Crippen molar-refractivity contribution in [2.24, 2.45) is 0 Å². The van der Waals surface area contributed by atoms with Crippen LogP contribution in [0.15, 0.2) is 6.20 Å². The molecule has 0 aliphatic rings.